The van der Waals surface area contributed by atoms with Crippen LogP contribution in [0.1, 0.15) is 22.2 Å². The van der Waals surface area contributed by atoms with Crippen LogP contribution in [0.4, 0.5) is 5.69 Å². The monoisotopic (exact) mass is 431 g/mol. The number of aromatic nitrogens is 2. The molecule has 0 saturated heterocycles. The zero-order chi connectivity index (χ0) is 21.8. The summed E-state index contributed by atoms with van der Waals surface area (Å²) in [5.74, 6) is 0.0989. The van der Waals surface area contributed by atoms with Gasteiger partial charge in [0.15, 0.2) is 11.5 Å². The summed E-state index contributed by atoms with van der Waals surface area (Å²) in [5.41, 5.74) is 0.600. The first-order valence-electron chi connectivity index (χ1n) is 9.07. The van der Waals surface area contributed by atoms with Gasteiger partial charge in [-0.1, -0.05) is 0 Å². The maximum Gasteiger partial charge on any atom is 0.348 e. The molecule has 3 rings (SSSR count). The van der Waals surface area contributed by atoms with Crippen molar-refractivity contribution in [1.82, 2.24) is 9.55 Å². The van der Waals surface area contributed by atoms with Gasteiger partial charge in [-0.15, -0.1) is 11.3 Å². The van der Waals surface area contributed by atoms with E-state index in [1.807, 2.05) is 0 Å². The van der Waals surface area contributed by atoms with Crippen molar-refractivity contribution in [3.05, 3.63) is 45.3 Å². The van der Waals surface area contributed by atoms with E-state index in [4.69, 9.17) is 14.2 Å². The van der Waals surface area contributed by atoms with E-state index in [0.29, 0.717) is 37.8 Å². The Morgan fingerprint density at radius 3 is 2.60 bits per heavy atom. The number of anilines is 1. The second kappa shape index (κ2) is 8.95. The third kappa shape index (κ3) is 4.13. The molecule has 2 heterocycles. The number of hydrogen-bond acceptors (Lipinski definition) is 8. The lowest BCUT2D eigenvalue weighted by molar-refractivity contribution is -0.116. The molecule has 2 aromatic heterocycles. The highest BCUT2D eigenvalue weighted by Crippen LogP contribution is 2.30. The largest absolute Gasteiger partial charge is 0.493 e. The van der Waals surface area contributed by atoms with Crippen molar-refractivity contribution in [2.24, 2.45) is 0 Å². The zero-order valence-electron chi connectivity index (χ0n) is 17.0. The molecule has 30 heavy (non-hydrogen) atoms. The van der Waals surface area contributed by atoms with Crippen molar-refractivity contribution in [3.63, 3.8) is 0 Å². The number of fused-ring (bicyclic) bond motifs is 1. The number of hydrogen-bond donors (Lipinski definition) is 1. The standard InChI is InChI=1S/C20H21N3O6S/c1-5-29-20(26)17-11(2)16-18(30-17)21-10-23(19(16)25)9-15(24)22-12-6-7-13(27-3)14(8-12)28-4/h6-8,10H,5,9H2,1-4H3,(H,22,24). The molecule has 3 aromatic rings. The Morgan fingerprint density at radius 2 is 1.93 bits per heavy atom. The number of methoxy groups -OCH3 is 2. The van der Waals surface area contributed by atoms with Gasteiger partial charge in [-0.25, -0.2) is 9.78 Å². The summed E-state index contributed by atoms with van der Waals surface area (Å²) in [4.78, 5) is 42.4. The predicted molar refractivity (Wildman–Crippen MR) is 113 cm³/mol. The number of rotatable bonds is 7. The van der Waals surface area contributed by atoms with Crippen LogP contribution in [0.15, 0.2) is 29.3 Å². The molecule has 0 atom stereocenters. The van der Waals surface area contributed by atoms with E-state index < -0.39 is 17.4 Å². The number of ether oxygens (including phenoxy) is 3. The van der Waals surface area contributed by atoms with Crippen molar-refractivity contribution in [2.75, 3.05) is 26.1 Å². The lowest BCUT2D eigenvalue weighted by atomic mass is 10.2. The second-order valence-electron chi connectivity index (χ2n) is 6.25. The summed E-state index contributed by atoms with van der Waals surface area (Å²) in [6.07, 6.45) is 1.30. The van der Waals surface area contributed by atoms with Gasteiger partial charge in [0.2, 0.25) is 5.91 Å². The molecule has 1 aromatic carbocycles. The number of thiophene rings is 1. The molecule has 0 aliphatic heterocycles. The number of nitrogens with one attached hydrogen (secondary N) is 1. The number of carbonyl (C=O) groups is 2. The van der Waals surface area contributed by atoms with Gasteiger partial charge >= 0.3 is 5.97 Å². The molecule has 0 bridgehead atoms. The van der Waals surface area contributed by atoms with Gasteiger partial charge in [0.05, 0.1) is 32.5 Å². The molecule has 10 heteroatoms. The SMILES string of the molecule is CCOC(=O)c1sc2ncn(CC(=O)Nc3ccc(OC)c(OC)c3)c(=O)c2c1C. The number of esters is 1. The molecule has 0 aliphatic carbocycles. The zero-order valence-corrected chi connectivity index (χ0v) is 17.8. The van der Waals surface area contributed by atoms with E-state index >= 15 is 0 Å². The van der Waals surface area contributed by atoms with Crippen molar-refractivity contribution in [1.29, 1.82) is 0 Å². The molecule has 158 valence electrons. The molecule has 1 amide bonds. The van der Waals surface area contributed by atoms with Gasteiger partial charge in [-0.2, -0.15) is 0 Å². The first-order valence-corrected chi connectivity index (χ1v) is 9.88. The lowest BCUT2D eigenvalue weighted by Gasteiger charge is -2.11. The minimum absolute atomic E-state index is 0.236. The fourth-order valence-corrected chi connectivity index (χ4v) is 3.97. The van der Waals surface area contributed by atoms with Crippen LogP contribution in [0, 0.1) is 6.92 Å². The quantitative estimate of drug-likeness (QED) is 0.573. The third-order valence-corrected chi connectivity index (χ3v) is 5.54. The molecule has 0 radical (unpaired) electrons. The Balaban J connectivity index is 1.84. The maximum atomic E-state index is 12.9. The van der Waals surface area contributed by atoms with Gasteiger partial charge in [-0.05, 0) is 31.5 Å². The predicted octanol–water partition coefficient (Wildman–Crippen LogP) is 2.60. The molecule has 0 aliphatic rings. The maximum absolute atomic E-state index is 12.9. The Kier molecular flexibility index (Phi) is 6.36. The molecule has 0 saturated carbocycles. The van der Waals surface area contributed by atoms with Crippen LogP contribution in [0.2, 0.25) is 0 Å². The highest BCUT2D eigenvalue weighted by Gasteiger charge is 2.21. The lowest BCUT2D eigenvalue weighted by Crippen LogP contribution is -2.27. The highest BCUT2D eigenvalue weighted by molar-refractivity contribution is 7.20. The van der Waals surface area contributed by atoms with Crippen LogP contribution >= 0.6 is 11.3 Å². The summed E-state index contributed by atoms with van der Waals surface area (Å²) in [5, 5.41) is 3.02. The molecular weight excluding hydrogens is 410 g/mol. The normalized spacial score (nSPS) is 10.7. The van der Waals surface area contributed by atoms with E-state index in [-0.39, 0.29) is 13.2 Å². The molecule has 0 fully saturated rings. The van der Waals surface area contributed by atoms with Crippen LogP contribution in [-0.2, 0) is 16.1 Å². The van der Waals surface area contributed by atoms with Crippen LogP contribution in [-0.4, -0.2) is 42.3 Å². The van der Waals surface area contributed by atoms with E-state index in [9.17, 15) is 14.4 Å². The van der Waals surface area contributed by atoms with E-state index in [0.717, 1.165) is 11.3 Å². The van der Waals surface area contributed by atoms with Crippen LogP contribution < -0.4 is 20.3 Å². The van der Waals surface area contributed by atoms with Crippen molar-refractivity contribution in [3.8, 4) is 11.5 Å². The molecule has 0 unspecified atom stereocenters. The fourth-order valence-electron chi connectivity index (χ4n) is 2.93. The number of carbonyl (C=O) groups excluding carboxylic acids is 2. The molecule has 0 spiro atoms. The molecule has 1 N–H and O–H groups in total. The topological polar surface area (TPSA) is 109 Å². The number of amides is 1. The summed E-state index contributed by atoms with van der Waals surface area (Å²) in [6.45, 7) is 3.38. The van der Waals surface area contributed by atoms with Gasteiger partial charge in [0.1, 0.15) is 16.3 Å². The van der Waals surface area contributed by atoms with Gasteiger partial charge in [0, 0.05) is 11.8 Å². The van der Waals surface area contributed by atoms with Crippen LogP contribution in [0.25, 0.3) is 10.2 Å². The Bertz CT molecular complexity index is 1170. The summed E-state index contributed by atoms with van der Waals surface area (Å²) < 4.78 is 16.6. The number of aryl methyl sites for hydroxylation is 1. The smallest absolute Gasteiger partial charge is 0.348 e. The average molecular weight is 431 g/mol. The first-order chi connectivity index (χ1) is 14.4. The van der Waals surface area contributed by atoms with Crippen molar-refractivity contribution in [2.45, 2.75) is 20.4 Å². The first kappa shape index (κ1) is 21.3. The summed E-state index contributed by atoms with van der Waals surface area (Å²) >= 11 is 1.10. The summed E-state index contributed by atoms with van der Waals surface area (Å²) in [6, 6.07) is 4.95. The van der Waals surface area contributed by atoms with Gasteiger partial charge < -0.3 is 19.5 Å². The Morgan fingerprint density at radius 1 is 1.20 bits per heavy atom. The van der Waals surface area contributed by atoms with E-state index in [1.54, 1.807) is 32.0 Å². The minimum atomic E-state index is -0.491. The number of nitrogens with zero attached hydrogens (tertiary/aromatic N) is 2. The van der Waals surface area contributed by atoms with Gasteiger partial charge in [-0.3, -0.25) is 14.2 Å². The summed E-state index contributed by atoms with van der Waals surface area (Å²) in [7, 11) is 3.02. The van der Waals surface area contributed by atoms with Gasteiger partial charge in [0.25, 0.3) is 5.56 Å². The van der Waals surface area contributed by atoms with E-state index in [2.05, 4.69) is 10.3 Å². The minimum Gasteiger partial charge on any atom is -0.493 e. The molecule has 9 nitrogen and oxygen atoms in total. The van der Waals surface area contributed by atoms with Crippen LogP contribution in [0.3, 0.4) is 0 Å². The Hall–Kier alpha value is -3.40. The highest BCUT2D eigenvalue weighted by atomic mass is 32.1. The fraction of sp³-hybridized carbons (Fsp3) is 0.300. The van der Waals surface area contributed by atoms with Crippen molar-refractivity contribution >= 4 is 39.1 Å². The second-order valence-corrected chi connectivity index (χ2v) is 7.25. The average Bonchev–Trinajstić information content (AvgIpc) is 3.07. The molecular formula is C20H21N3O6S. The third-order valence-electron chi connectivity index (χ3n) is 4.36. The van der Waals surface area contributed by atoms with Crippen LogP contribution in [0.5, 0.6) is 11.5 Å². The van der Waals surface area contributed by atoms with E-state index in [1.165, 1.54) is 25.1 Å². The number of benzene rings is 1. The Labute approximate surface area is 176 Å². The van der Waals surface area contributed by atoms with Crippen molar-refractivity contribution < 1.29 is 23.8 Å².